The molecule has 0 unspecified atom stereocenters. The normalized spacial score (nSPS) is 10.5. The second-order valence-corrected chi connectivity index (χ2v) is 5.92. The van der Waals surface area contributed by atoms with Crippen LogP contribution >= 0.6 is 34.7 Å². The third-order valence-corrected chi connectivity index (χ3v) is 4.88. The van der Waals surface area contributed by atoms with Crippen LogP contribution < -0.4 is 0 Å². The van der Waals surface area contributed by atoms with Crippen LogP contribution in [0.1, 0.15) is 15.2 Å². The fraction of sp³-hybridized carbons (Fsp3) is 0.154. The Labute approximate surface area is 114 Å². The topological polar surface area (TPSA) is 17.1 Å². The SMILES string of the molecule is Cc1ccsc1C(=O)CSc1ccccc1Cl. The third kappa shape index (κ3) is 3.12. The van der Waals surface area contributed by atoms with Crippen molar-refractivity contribution in [3.8, 4) is 0 Å². The molecule has 0 amide bonds. The van der Waals surface area contributed by atoms with E-state index in [0.717, 1.165) is 15.3 Å². The number of halogens is 1. The van der Waals surface area contributed by atoms with Gasteiger partial charge in [0, 0.05) is 4.90 Å². The lowest BCUT2D eigenvalue weighted by atomic mass is 10.2. The summed E-state index contributed by atoms with van der Waals surface area (Å²) in [5, 5.41) is 2.65. The highest BCUT2D eigenvalue weighted by molar-refractivity contribution is 8.00. The van der Waals surface area contributed by atoms with Crippen LogP contribution in [0.15, 0.2) is 40.6 Å². The molecule has 0 aliphatic rings. The second kappa shape index (κ2) is 5.71. The Morgan fingerprint density at radius 2 is 2.12 bits per heavy atom. The van der Waals surface area contributed by atoms with Gasteiger partial charge >= 0.3 is 0 Å². The van der Waals surface area contributed by atoms with Crippen LogP contribution in [0.5, 0.6) is 0 Å². The summed E-state index contributed by atoms with van der Waals surface area (Å²) in [6, 6.07) is 9.55. The number of ketones is 1. The van der Waals surface area contributed by atoms with E-state index < -0.39 is 0 Å². The Bertz CT molecular complexity index is 534. The molecule has 4 heteroatoms. The Morgan fingerprint density at radius 3 is 2.76 bits per heavy atom. The highest BCUT2D eigenvalue weighted by Gasteiger charge is 2.11. The zero-order chi connectivity index (χ0) is 12.3. The van der Waals surface area contributed by atoms with Gasteiger partial charge in [-0.1, -0.05) is 23.7 Å². The second-order valence-electron chi connectivity index (χ2n) is 3.58. The molecule has 0 atom stereocenters. The molecule has 17 heavy (non-hydrogen) atoms. The molecule has 0 saturated carbocycles. The minimum atomic E-state index is 0.169. The van der Waals surface area contributed by atoms with Crippen molar-refractivity contribution in [2.75, 3.05) is 5.75 Å². The Morgan fingerprint density at radius 1 is 1.35 bits per heavy atom. The Balaban J connectivity index is 2.02. The molecular formula is C13H11ClOS2. The average molecular weight is 283 g/mol. The zero-order valence-corrected chi connectivity index (χ0v) is 11.7. The zero-order valence-electron chi connectivity index (χ0n) is 9.27. The molecule has 1 nitrogen and oxygen atoms in total. The monoisotopic (exact) mass is 282 g/mol. The number of hydrogen-bond acceptors (Lipinski definition) is 3. The van der Waals surface area contributed by atoms with Crippen molar-refractivity contribution >= 4 is 40.5 Å². The summed E-state index contributed by atoms with van der Waals surface area (Å²) < 4.78 is 0. The highest BCUT2D eigenvalue weighted by atomic mass is 35.5. The largest absolute Gasteiger partial charge is 0.292 e. The first-order valence-electron chi connectivity index (χ1n) is 5.13. The maximum absolute atomic E-state index is 12.0. The van der Waals surface area contributed by atoms with Gasteiger partial charge in [-0.15, -0.1) is 23.1 Å². The summed E-state index contributed by atoms with van der Waals surface area (Å²) in [5.41, 5.74) is 1.06. The predicted molar refractivity (Wildman–Crippen MR) is 75.6 cm³/mol. The van der Waals surface area contributed by atoms with E-state index in [0.29, 0.717) is 10.8 Å². The number of aryl methyl sites for hydroxylation is 1. The number of carbonyl (C=O) groups is 1. The summed E-state index contributed by atoms with van der Waals surface area (Å²) in [7, 11) is 0. The van der Waals surface area contributed by atoms with Crippen molar-refractivity contribution in [2.45, 2.75) is 11.8 Å². The number of Topliss-reactive ketones (excluding diaryl/α,β-unsaturated/α-hetero) is 1. The van der Waals surface area contributed by atoms with Crippen LogP contribution in [0, 0.1) is 6.92 Å². The molecule has 0 bridgehead atoms. The quantitative estimate of drug-likeness (QED) is 0.598. The fourth-order valence-electron chi connectivity index (χ4n) is 1.43. The number of hydrogen-bond donors (Lipinski definition) is 0. The van der Waals surface area contributed by atoms with Gasteiger partial charge in [-0.25, -0.2) is 0 Å². The van der Waals surface area contributed by atoms with E-state index in [2.05, 4.69) is 0 Å². The molecule has 0 aliphatic heterocycles. The number of carbonyl (C=O) groups excluding carboxylic acids is 1. The highest BCUT2D eigenvalue weighted by Crippen LogP contribution is 2.28. The van der Waals surface area contributed by atoms with E-state index in [9.17, 15) is 4.79 Å². The smallest absolute Gasteiger partial charge is 0.183 e. The first-order chi connectivity index (χ1) is 8.18. The van der Waals surface area contributed by atoms with Crippen LogP contribution in [0.3, 0.4) is 0 Å². The van der Waals surface area contributed by atoms with Gasteiger partial charge in [-0.2, -0.15) is 0 Å². The number of thiophene rings is 1. The van der Waals surface area contributed by atoms with Crippen molar-refractivity contribution in [3.63, 3.8) is 0 Å². The van der Waals surface area contributed by atoms with E-state index in [1.165, 1.54) is 23.1 Å². The van der Waals surface area contributed by atoms with Crippen molar-refractivity contribution < 1.29 is 4.79 Å². The summed E-state index contributed by atoms with van der Waals surface area (Å²) >= 11 is 9.02. The van der Waals surface area contributed by atoms with Gasteiger partial charge in [-0.3, -0.25) is 4.79 Å². The lowest BCUT2D eigenvalue weighted by molar-refractivity contribution is 0.102. The van der Waals surface area contributed by atoms with E-state index >= 15 is 0 Å². The molecule has 2 aromatic rings. The first kappa shape index (κ1) is 12.7. The van der Waals surface area contributed by atoms with Gasteiger partial charge in [0.05, 0.1) is 15.7 Å². The minimum absolute atomic E-state index is 0.169. The molecule has 0 spiro atoms. The molecule has 2 rings (SSSR count). The van der Waals surface area contributed by atoms with Crippen LogP contribution in [-0.4, -0.2) is 11.5 Å². The van der Waals surface area contributed by atoms with Crippen LogP contribution in [0.25, 0.3) is 0 Å². The maximum Gasteiger partial charge on any atom is 0.183 e. The lowest BCUT2D eigenvalue weighted by Crippen LogP contribution is -2.01. The fourth-order valence-corrected chi connectivity index (χ4v) is 3.50. The first-order valence-corrected chi connectivity index (χ1v) is 7.37. The molecule has 0 N–H and O–H groups in total. The van der Waals surface area contributed by atoms with Crippen LogP contribution in [-0.2, 0) is 0 Å². The van der Waals surface area contributed by atoms with E-state index in [1.54, 1.807) is 0 Å². The molecule has 1 aromatic heterocycles. The minimum Gasteiger partial charge on any atom is -0.292 e. The van der Waals surface area contributed by atoms with E-state index in [4.69, 9.17) is 11.6 Å². The predicted octanol–water partition coefficient (Wildman–Crippen LogP) is 4.68. The molecule has 0 radical (unpaired) electrons. The molecule has 0 fully saturated rings. The van der Waals surface area contributed by atoms with Crippen molar-refractivity contribution in [1.29, 1.82) is 0 Å². The Hall–Kier alpha value is -0.770. The van der Waals surface area contributed by atoms with Gasteiger partial charge < -0.3 is 0 Å². The van der Waals surface area contributed by atoms with Crippen molar-refractivity contribution in [3.05, 3.63) is 51.2 Å². The summed E-state index contributed by atoms with van der Waals surface area (Å²) in [6.45, 7) is 1.96. The summed E-state index contributed by atoms with van der Waals surface area (Å²) in [5.74, 6) is 0.605. The standard InChI is InChI=1S/C13H11ClOS2/c1-9-6-7-16-13(9)11(15)8-17-12-5-3-2-4-10(12)14/h2-7H,8H2,1H3. The third-order valence-electron chi connectivity index (χ3n) is 2.31. The number of benzene rings is 1. The van der Waals surface area contributed by atoms with Crippen LogP contribution in [0.2, 0.25) is 5.02 Å². The van der Waals surface area contributed by atoms with Crippen molar-refractivity contribution in [2.24, 2.45) is 0 Å². The van der Waals surface area contributed by atoms with Gasteiger partial charge in [0.25, 0.3) is 0 Å². The van der Waals surface area contributed by atoms with Crippen LogP contribution in [0.4, 0.5) is 0 Å². The number of thioether (sulfide) groups is 1. The maximum atomic E-state index is 12.0. The van der Waals surface area contributed by atoms with E-state index in [-0.39, 0.29) is 5.78 Å². The molecule has 88 valence electrons. The van der Waals surface area contributed by atoms with Crippen molar-refractivity contribution in [1.82, 2.24) is 0 Å². The molecule has 1 heterocycles. The molecular weight excluding hydrogens is 272 g/mol. The molecule has 0 aliphatic carbocycles. The van der Waals surface area contributed by atoms with Gasteiger partial charge in [-0.05, 0) is 36.1 Å². The number of rotatable bonds is 4. The summed E-state index contributed by atoms with van der Waals surface area (Å²) in [6.07, 6.45) is 0. The average Bonchev–Trinajstić information content (AvgIpc) is 2.74. The Kier molecular flexibility index (Phi) is 4.26. The summed E-state index contributed by atoms with van der Waals surface area (Å²) in [4.78, 5) is 13.8. The van der Waals surface area contributed by atoms with Gasteiger partial charge in [0.15, 0.2) is 5.78 Å². The van der Waals surface area contributed by atoms with Gasteiger partial charge in [0.2, 0.25) is 0 Å². The van der Waals surface area contributed by atoms with E-state index in [1.807, 2.05) is 42.6 Å². The van der Waals surface area contributed by atoms with Gasteiger partial charge in [0.1, 0.15) is 0 Å². The molecule has 1 aromatic carbocycles. The molecule has 0 saturated heterocycles. The lowest BCUT2D eigenvalue weighted by Gasteiger charge is -2.02.